The third kappa shape index (κ3) is 4.17. The SMILES string of the molecule is Cc1cc(C(=O)Nc2ccc(S(C)(=O)=O)cc2)c(C)n1-c1ccccc1-c1cncnc1. The van der Waals surface area contributed by atoms with Crippen LogP contribution in [-0.4, -0.2) is 35.1 Å². The number of aromatic nitrogens is 3. The minimum Gasteiger partial charge on any atom is -0.322 e. The van der Waals surface area contributed by atoms with Crippen LogP contribution < -0.4 is 5.32 Å². The monoisotopic (exact) mass is 446 g/mol. The zero-order chi connectivity index (χ0) is 22.9. The first-order valence-electron chi connectivity index (χ1n) is 9.91. The summed E-state index contributed by atoms with van der Waals surface area (Å²) in [6.45, 7) is 3.84. The van der Waals surface area contributed by atoms with Gasteiger partial charge in [0.25, 0.3) is 5.91 Å². The molecular weight excluding hydrogens is 424 g/mol. The Balaban J connectivity index is 1.68. The first kappa shape index (κ1) is 21.5. The van der Waals surface area contributed by atoms with Crippen molar-refractivity contribution < 1.29 is 13.2 Å². The van der Waals surface area contributed by atoms with Gasteiger partial charge in [0.05, 0.1) is 16.1 Å². The molecule has 0 radical (unpaired) electrons. The van der Waals surface area contributed by atoms with Crippen molar-refractivity contribution >= 4 is 21.4 Å². The molecule has 0 aliphatic carbocycles. The number of nitrogens with one attached hydrogen (secondary N) is 1. The maximum absolute atomic E-state index is 13.0. The Labute approximate surface area is 186 Å². The Morgan fingerprint density at radius 3 is 2.28 bits per heavy atom. The van der Waals surface area contributed by atoms with Gasteiger partial charge in [-0.25, -0.2) is 18.4 Å². The second kappa shape index (κ2) is 8.39. The molecule has 0 spiro atoms. The summed E-state index contributed by atoms with van der Waals surface area (Å²) in [6, 6.07) is 15.9. The molecule has 0 fully saturated rings. The molecule has 4 rings (SSSR count). The van der Waals surface area contributed by atoms with Gasteiger partial charge in [-0.2, -0.15) is 0 Å². The number of para-hydroxylation sites is 1. The fourth-order valence-corrected chi connectivity index (χ4v) is 4.33. The molecular formula is C24H22N4O3S. The molecule has 0 aliphatic heterocycles. The summed E-state index contributed by atoms with van der Waals surface area (Å²) in [5.41, 5.74) is 5.52. The van der Waals surface area contributed by atoms with E-state index in [1.165, 1.54) is 18.5 Å². The number of hydrogen-bond acceptors (Lipinski definition) is 5. The third-order valence-corrected chi connectivity index (χ3v) is 6.36. The van der Waals surface area contributed by atoms with E-state index in [1.54, 1.807) is 24.5 Å². The lowest BCUT2D eigenvalue weighted by molar-refractivity contribution is 0.102. The van der Waals surface area contributed by atoms with Gasteiger partial charge in [-0.1, -0.05) is 18.2 Å². The van der Waals surface area contributed by atoms with Gasteiger partial charge in [-0.15, -0.1) is 0 Å². The average Bonchev–Trinajstić information content (AvgIpc) is 3.08. The predicted octanol–water partition coefficient (Wildman–Crippen LogP) is 4.21. The number of sulfone groups is 1. The first-order chi connectivity index (χ1) is 15.3. The van der Waals surface area contributed by atoms with Crippen LogP contribution in [0.1, 0.15) is 21.7 Å². The lowest BCUT2D eigenvalue weighted by atomic mass is 10.1. The highest BCUT2D eigenvalue weighted by Gasteiger charge is 2.19. The van der Waals surface area contributed by atoms with E-state index in [2.05, 4.69) is 15.3 Å². The second-order valence-corrected chi connectivity index (χ2v) is 9.53. The van der Waals surface area contributed by atoms with Crippen molar-refractivity contribution in [3.8, 4) is 16.8 Å². The summed E-state index contributed by atoms with van der Waals surface area (Å²) in [5, 5.41) is 2.85. The summed E-state index contributed by atoms with van der Waals surface area (Å²) in [7, 11) is -3.29. The maximum atomic E-state index is 13.0. The number of aryl methyl sites for hydroxylation is 1. The molecule has 1 amide bonds. The summed E-state index contributed by atoms with van der Waals surface area (Å²) in [6.07, 6.45) is 6.15. The van der Waals surface area contributed by atoms with Crippen LogP contribution in [0.3, 0.4) is 0 Å². The predicted molar refractivity (Wildman–Crippen MR) is 124 cm³/mol. The van der Waals surface area contributed by atoms with Crippen LogP contribution in [-0.2, 0) is 9.84 Å². The largest absolute Gasteiger partial charge is 0.322 e. The number of amides is 1. The summed E-state index contributed by atoms with van der Waals surface area (Å²) < 4.78 is 25.3. The number of nitrogens with zero attached hydrogens (tertiary/aromatic N) is 3. The van der Waals surface area contributed by atoms with Crippen LogP contribution in [0.5, 0.6) is 0 Å². The smallest absolute Gasteiger partial charge is 0.257 e. The highest BCUT2D eigenvalue weighted by Crippen LogP contribution is 2.30. The molecule has 162 valence electrons. The van der Waals surface area contributed by atoms with Gasteiger partial charge >= 0.3 is 0 Å². The van der Waals surface area contributed by atoms with Gasteiger partial charge in [-0.05, 0) is 50.2 Å². The van der Waals surface area contributed by atoms with E-state index in [0.29, 0.717) is 11.3 Å². The molecule has 2 aromatic carbocycles. The summed E-state index contributed by atoms with van der Waals surface area (Å²) in [4.78, 5) is 21.4. The average molecular weight is 447 g/mol. The highest BCUT2D eigenvalue weighted by atomic mass is 32.2. The highest BCUT2D eigenvalue weighted by molar-refractivity contribution is 7.90. The fraction of sp³-hybridized carbons (Fsp3) is 0.125. The number of hydrogen-bond donors (Lipinski definition) is 1. The molecule has 0 atom stereocenters. The van der Waals surface area contributed by atoms with Crippen molar-refractivity contribution in [3.05, 3.63) is 90.3 Å². The Morgan fingerprint density at radius 2 is 1.62 bits per heavy atom. The van der Waals surface area contributed by atoms with Crippen LogP contribution in [0.4, 0.5) is 5.69 Å². The number of anilines is 1. The van der Waals surface area contributed by atoms with Gasteiger partial charge < -0.3 is 9.88 Å². The van der Waals surface area contributed by atoms with E-state index < -0.39 is 9.84 Å². The van der Waals surface area contributed by atoms with E-state index in [9.17, 15) is 13.2 Å². The van der Waals surface area contributed by atoms with E-state index >= 15 is 0 Å². The van der Waals surface area contributed by atoms with E-state index in [0.717, 1.165) is 34.5 Å². The van der Waals surface area contributed by atoms with Crippen LogP contribution >= 0.6 is 0 Å². The second-order valence-electron chi connectivity index (χ2n) is 7.52. The van der Waals surface area contributed by atoms with Gasteiger partial charge in [0.2, 0.25) is 0 Å². The van der Waals surface area contributed by atoms with Crippen molar-refractivity contribution in [1.29, 1.82) is 0 Å². The van der Waals surface area contributed by atoms with Gasteiger partial charge in [0.15, 0.2) is 9.84 Å². The Bertz CT molecular complexity index is 1390. The van der Waals surface area contributed by atoms with Crippen molar-refractivity contribution in [2.24, 2.45) is 0 Å². The van der Waals surface area contributed by atoms with Crippen molar-refractivity contribution in [2.45, 2.75) is 18.7 Å². The molecule has 0 unspecified atom stereocenters. The normalized spacial score (nSPS) is 11.3. The third-order valence-electron chi connectivity index (χ3n) is 5.23. The lowest BCUT2D eigenvalue weighted by Gasteiger charge is -2.15. The van der Waals surface area contributed by atoms with Gasteiger partial charge in [-0.3, -0.25) is 4.79 Å². The minimum atomic E-state index is -3.29. The number of rotatable bonds is 5. The summed E-state index contributed by atoms with van der Waals surface area (Å²) >= 11 is 0. The molecule has 32 heavy (non-hydrogen) atoms. The fourth-order valence-electron chi connectivity index (χ4n) is 3.70. The van der Waals surface area contributed by atoms with Gasteiger partial charge in [0, 0.05) is 46.9 Å². The Kier molecular flexibility index (Phi) is 5.63. The molecule has 8 heteroatoms. The standard InChI is InChI=1S/C24H22N4O3S/c1-16-12-22(24(29)27-19-8-10-20(11-9-19)32(3,30)31)17(2)28(16)23-7-5-4-6-21(23)18-13-25-15-26-14-18/h4-15H,1-3H3,(H,27,29). The molecule has 0 bridgehead atoms. The molecule has 0 saturated carbocycles. The van der Waals surface area contributed by atoms with Crippen LogP contribution in [0.15, 0.2) is 78.2 Å². The zero-order valence-electron chi connectivity index (χ0n) is 17.9. The van der Waals surface area contributed by atoms with Crippen LogP contribution in [0.2, 0.25) is 0 Å². The van der Waals surface area contributed by atoms with Crippen molar-refractivity contribution in [3.63, 3.8) is 0 Å². The molecule has 0 aliphatic rings. The van der Waals surface area contributed by atoms with Crippen LogP contribution in [0, 0.1) is 13.8 Å². The first-order valence-corrected chi connectivity index (χ1v) is 11.8. The number of carbonyl (C=O) groups excluding carboxylic acids is 1. The lowest BCUT2D eigenvalue weighted by Crippen LogP contribution is -2.13. The molecule has 7 nitrogen and oxygen atoms in total. The molecule has 1 N–H and O–H groups in total. The van der Waals surface area contributed by atoms with E-state index in [1.807, 2.05) is 48.7 Å². The van der Waals surface area contributed by atoms with Crippen LogP contribution in [0.25, 0.3) is 16.8 Å². The molecule has 0 saturated heterocycles. The minimum absolute atomic E-state index is 0.204. The van der Waals surface area contributed by atoms with Crippen molar-refractivity contribution in [2.75, 3.05) is 11.6 Å². The maximum Gasteiger partial charge on any atom is 0.257 e. The number of carbonyl (C=O) groups is 1. The van der Waals surface area contributed by atoms with E-state index in [-0.39, 0.29) is 10.8 Å². The van der Waals surface area contributed by atoms with E-state index in [4.69, 9.17) is 0 Å². The molecule has 2 heterocycles. The molecule has 2 aromatic heterocycles. The van der Waals surface area contributed by atoms with Crippen molar-refractivity contribution in [1.82, 2.24) is 14.5 Å². The number of benzene rings is 2. The Hall–Kier alpha value is -3.78. The van der Waals surface area contributed by atoms with Gasteiger partial charge in [0.1, 0.15) is 6.33 Å². The zero-order valence-corrected chi connectivity index (χ0v) is 18.7. The Morgan fingerprint density at radius 1 is 0.969 bits per heavy atom. The quantitative estimate of drug-likeness (QED) is 0.496. The molecule has 4 aromatic rings. The topological polar surface area (TPSA) is 94.0 Å². The summed E-state index contributed by atoms with van der Waals surface area (Å²) in [5.74, 6) is -0.267.